The van der Waals surface area contributed by atoms with E-state index >= 15 is 0 Å². The highest BCUT2D eigenvalue weighted by atomic mass is 16.3. The minimum Gasteiger partial charge on any atom is -0.506 e. The molecular weight excluding hydrogens is 292 g/mol. The van der Waals surface area contributed by atoms with E-state index in [1.54, 1.807) is 12.1 Å². The van der Waals surface area contributed by atoms with Crippen LogP contribution in [0.15, 0.2) is 24.4 Å². The quantitative estimate of drug-likeness (QED) is 0.762. The summed E-state index contributed by atoms with van der Waals surface area (Å²) >= 11 is 0. The summed E-state index contributed by atoms with van der Waals surface area (Å²) in [6, 6.07) is 4.81. The molecule has 1 aromatic heterocycles. The van der Waals surface area contributed by atoms with Crippen molar-refractivity contribution in [2.45, 2.75) is 33.2 Å². The molecule has 1 aliphatic heterocycles. The average Bonchev–Trinajstić information content (AvgIpc) is 2.92. The van der Waals surface area contributed by atoms with Gasteiger partial charge in [0, 0.05) is 31.3 Å². The lowest BCUT2D eigenvalue weighted by Gasteiger charge is -2.18. The van der Waals surface area contributed by atoms with E-state index in [0.717, 1.165) is 30.0 Å². The van der Waals surface area contributed by atoms with Gasteiger partial charge in [-0.1, -0.05) is 6.92 Å². The number of fused-ring (bicyclic) bond motifs is 1. The number of aromatic hydroxyl groups is 1. The first kappa shape index (κ1) is 15.4. The summed E-state index contributed by atoms with van der Waals surface area (Å²) in [5, 5.41) is 15.2. The van der Waals surface area contributed by atoms with Gasteiger partial charge in [-0.05, 0) is 37.5 Å². The van der Waals surface area contributed by atoms with Crippen LogP contribution in [0.1, 0.15) is 26.1 Å². The van der Waals surface area contributed by atoms with E-state index in [1.165, 1.54) is 6.42 Å². The van der Waals surface area contributed by atoms with Crippen molar-refractivity contribution in [2.75, 3.05) is 11.9 Å². The average molecular weight is 314 g/mol. The number of phenolic OH excluding ortho intramolecular Hbond substituents is 1. The number of carbonyl (C=O) groups excluding carboxylic acids is 1. The van der Waals surface area contributed by atoms with Crippen LogP contribution in [0.2, 0.25) is 0 Å². The van der Waals surface area contributed by atoms with Crippen LogP contribution in [0.4, 0.5) is 10.5 Å². The Balaban J connectivity index is 1.87. The van der Waals surface area contributed by atoms with E-state index in [9.17, 15) is 9.90 Å². The lowest BCUT2D eigenvalue weighted by Crippen LogP contribution is -2.28. The number of aromatic nitrogens is 2. The zero-order valence-electron chi connectivity index (χ0n) is 13.5. The topological polar surface area (TPSA) is 79.2 Å². The molecule has 0 radical (unpaired) electrons. The number of anilines is 1. The fraction of sp³-hybridized carbons (Fsp3) is 0.412. The van der Waals surface area contributed by atoms with E-state index in [1.807, 2.05) is 19.2 Å². The standard InChI is InChI=1S/C17H22N4O2/c1-3-18-17(23)20-13-9-12(4-5-15(13)22)14-10-21-7-6-11(2)8-16(21)19-14/h4-5,9-11,22H,3,6-8H2,1-2H3,(H2,18,20,23). The number of imidazole rings is 1. The van der Waals surface area contributed by atoms with Gasteiger partial charge in [-0.15, -0.1) is 0 Å². The Kier molecular flexibility index (Phi) is 4.23. The number of nitrogens with one attached hydrogen (secondary N) is 2. The molecule has 0 fully saturated rings. The Morgan fingerprint density at radius 1 is 1.48 bits per heavy atom. The second kappa shape index (κ2) is 6.32. The van der Waals surface area contributed by atoms with Crippen LogP contribution in [0.3, 0.4) is 0 Å². The molecule has 0 saturated carbocycles. The summed E-state index contributed by atoms with van der Waals surface area (Å²) < 4.78 is 2.19. The number of hydrogen-bond donors (Lipinski definition) is 3. The van der Waals surface area contributed by atoms with Crippen LogP contribution in [-0.4, -0.2) is 27.2 Å². The van der Waals surface area contributed by atoms with Gasteiger partial charge in [-0.2, -0.15) is 0 Å². The molecule has 1 atom stereocenters. The van der Waals surface area contributed by atoms with Gasteiger partial charge in [0.1, 0.15) is 11.6 Å². The van der Waals surface area contributed by atoms with Crippen molar-refractivity contribution in [3.05, 3.63) is 30.2 Å². The van der Waals surface area contributed by atoms with Gasteiger partial charge >= 0.3 is 6.03 Å². The molecule has 0 aliphatic carbocycles. The summed E-state index contributed by atoms with van der Waals surface area (Å²) in [5.41, 5.74) is 2.13. The first-order chi connectivity index (χ1) is 11.1. The van der Waals surface area contributed by atoms with Crippen LogP contribution in [0, 0.1) is 5.92 Å². The van der Waals surface area contributed by atoms with Crippen molar-refractivity contribution >= 4 is 11.7 Å². The number of hydrogen-bond acceptors (Lipinski definition) is 3. The van der Waals surface area contributed by atoms with Crippen molar-refractivity contribution < 1.29 is 9.90 Å². The minimum absolute atomic E-state index is 0.0394. The van der Waals surface area contributed by atoms with Crippen molar-refractivity contribution in [3.63, 3.8) is 0 Å². The molecule has 2 aromatic rings. The molecule has 1 aromatic carbocycles. The predicted octanol–water partition coefficient (Wildman–Crippen LogP) is 2.98. The Morgan fingerprint density at radius 3 is 3.09 bits per heavy atom. The van der Waals surface area contributed by atoms with E-state index < -0.39 is 0 Å². The van der Waals surface area contributed by atoms with Crippen LogP contribution < -0.4 is 10.6 Å². The molecule has 122 valence electrons. The molecule has 0 bridgehead atoms. The van der Waals surface area contributed by atoms with Crippen molar-refractivity contribution in [1.29, 1.82) is 0 Å². The molecule has 3 rings (SSSR count). The normalized spacial score (nSPS) is 16.7. The Bertz CT molecular complexity index is 723. The number of carbonyl (C=O) groups is 1. The summed E-state index contributed by atoms with van der Waals surface area (Å²) in [5.74, 6) is 1.80. The summed E-state index contributed by atoms with van der Waals surface area (Å²) in [7, 11) is 0. The third-order valence-electron chi connectivity index (χ3n) is 4.13. The number of aryl methyl sites for hydroxylation is 1. The molecule has 6 heteroatoms. The van der Waals surface area contributed by atoms with Crippen molar-refractivity contribution in [2.24, 2.45) is 5.92 Å². The maximum absolute atomic E-state index is 11.7. The van der Waals surface area contributed by atoms with E-state index in [2.05, 4.69) is 22.1 Å². The number of benzene rings is 1. The lowest BCUT2D eigenvalue weighted by molar-refractivity contribution is 0.252. The van der Waals surface area contributed by atoms with Crippen LogP contribution in [0.5, 0.6) is 5.75 Å². The summed E-state index contributed by atoms with van der Waals surface area (Å²) in [6.45, 7) is 5.60. The molecule has 1 unspecified atom stereocenters. The highest BCUT2D eigenvalue weighted by molar-refractivity contribution is 5.91. The SMILES string of the molecule is CCNC(=O)Nc1cc(-c2cn3c(n2)CC(C)CC3)ccc1O. The van der Waals surface area contributed by atoms with Gasteiger partial charge in [0.2, 0.25) is 0 Å². The van der Waals surface area contributed by atoms with Crippen molar-refractivity contribution in [3.8, 4) is 17.0 Å². The maximum Gasteiger partial charge on any atom is 0.319 e. The monoisotopic (exact) mass is 314 g/mol. The van der Waals surface area contributed by atoms with Crippen LogP contribution in [0.25, 0.3) is 11.3 Å². The fourth-order valence-corrected chi connectivity index (χ4v) is 2.85. The van der Waals surface area contributed by atoms with Crippen LogP contribution >= 0.6 is 0 Å². The predicted molar refractivity (Wildman–Crippen MR) is 89.5 cm³/mol. The Morgan fingerprint density at radius 2 is 2.30 bits per heavy atom. The van der Waals surface area contributed by atoms with Gasteiger partial charge in [0.05, 0.1) is 11.4 Å². The zero-order valence-corrected chi connectivity index (χ0v) is 13.5. The second-order valence-corrected chi connectivity index (χ2v) is 6.05. The third-order valence-corrected chi connectivity index (χ3v) is 4.13. The molecule has 3 N–H and O–H groups in total. The van der Waals surface area contributed by atoms with Crippen molar-refractivity contribution in [1.82, 2.24) is 14.9 Å². The summed E-state index contributed by atoms with van der Waals surface area (Å²) in [4.78, 5) is 16.4. The number of urea groups is 1. The number of phenols is 1. The highest BCUT2D eigenvalue weighted by Crippen LogP contribution is 2.31. The zero-order chi connectivity index (χ0) is 16.4. The van der Waals surface area contributed by atoms with Crippen LogP contribution in [-0.2, 0) is 13.0 Å². The number of amides is 2. The molecule has 0 spiro atoms. The Hall–Kier alpha value is -2.50. The molecular formula is C17H22N4O2. The molecule has 0 saturated heterocycles. The molecule has 2 heterocycles. The molecule has 6 nitrogen and oxygen atoms in total. The number of rotatable bonds is 3. The second-order valence-electron chi connectivity index (χ2n) is 6.05. The summed E-state index contributed by atoms with van der Waals surface area (Å²) in [6.07, 6.45) is 4.20. The molecule has 1 aliphatic rings. The molecule has 23 heavy (non-hydrogen) atoms. The van der Waals surface area contributed by atoms with Gasteiger partial charge in [0.25, 0.3) is 0 Å². The van der Waals surface area contributed by atoms with Gasteiger partial charge in [0.15, 0.2) is 0 Å². The van der Waals surface area contributed by atoms with Gasteiger partial charge in [-0.25, -0.2) is 9.78 Å². The number of nitrogens with zero attached hydrogens (tertiary/aromatic N) is 2. The van der Waals surface area contributed by atoms with Gasteiger partial charge in [-0.3, -0.25) is 0 Å². The molecule has 2 amide bonds. The first-order valence-corrected chi connectivity index (χ1v) is 8.01. The maximum atomic E-state index is 11.7. The van der Waals surface area contributed by atoms with E-state index in [-0.39, 0.29) is 11.8 Å². The van der Waals surface area contributed by atoms with E-state index in [0.29, 0.717) is 18.2 Å². The highest BCUT2D eigenvalue weighted by Gasteiger charge is 2.18. The van der Waals surface area contributed by atoms with Gasteiger partial charge < -0.3 is 20.3 Å². The largest absolute Gasteiger partial charge is 0.506 e. The van der Waals surface area contributed by atoms with E-state index in [4.69, 9.17) is 4.98 Å². The first-order valence-electron chi connectivity index (χ1n) is 8.01. The Labute approximate surface area is 135 Å². The fourth-order valence-electron chi connectivity index (χ4n) is 2.85. The third kappa shape index (κ3) is 3.31. The lowest BCUT2D eigenvalue weighted by atomic mass is 10.0. The minimum atomic E-state index is -0.335. The smallest absolute Gasteiger partial charge is 0.319 e.